The zero-order valence-electron chi connectivity index (χ0n) is 8.54. The molecule has 1 aromatic rings. The Hall–Kier alpha value is -1.23. The number of methoxy groups -OCH3 is 2. The molecule has 82 valence electrons. The maximum Gasteiger partial charge on any atom is 0.325 e. The Morgan fingerprint density at radius 3 is 2.80 bits per heavy atom. The molecule has 0 atom stereocenters. The van der Waals surface area contributed by atoms with Crippen LogP contribution < -0.4 is 10.1 Å². The molecule has 0 aliphatic rings. The summed E-state index contributed by atoms with van der Waals surface area (Å²) in [6.07, 6.45) is 0. The fourth-order valence-electron chi connectivity index (χ4n) is 1.02. The van der Waals surface area contributed by atoms with Gasteiger partial charge in [-0.1, -0.05) is 0 Å². The van der Waals surface area contributed by atoms with Gasteiger partial charge in [0.25, 0.3) is 0 Å². The third-order valence-corrected chi connectivity index (χ3v) is 2.47. The number of anilines is 1. The fraction of sp³-hybridized carbons (Fsp3) is 0.300. The summed E-state index contributed by atoms with van der Waals surface area (Å²) in [6.45, 7) is 0.140. The monoisotopic (exact) mass is 273 g/mol. The summed E-state index contributed by atoms with van der Waals surface area (Å²) in [5.41, 5.74) is 0.806. The van der Waals surface area contributed by atoms with Gasteiger partial charge in [-0.2, -0.15) is 0 Å². The third-order valence-electron chi connectivity index (χ3n) is 1.82. The first-order valence-electron chi connectivity index (χ1n) is 4.31. The summed E-state index contributed by atoms with van der Waals surface area (Å²) < 4.78 is 10.5. The number of benzene rings is 1. The summed E-state index contributed by atoms with van der Waals surface area (Å²) in [7, 11) is 2.94. The van der Waals surface area contributed by atoms with E-state index in [-0.39, 0.29) is 12.5 Å². The molecule has 0 aliphatic heterocycles. The van der Waals surface area contributed by atoms with Crippen molar-refractivity contribution in [2.45, 2.75) is 0 Å². The van der Waals surface area contributed by atoms with Crippen LogP contribution in [0.25, 0.3) is 0 Å². The molecule has 0 saturated carbocycles. The Morgan fingerprint density at radius 2 is 2.20 bits per heavy atom. The van der Waals surface area contributed by atoms with E-state index in [1.807, 2.05) is 12.1 Å². The van der Waals surface area contributed by atoms with Gasteiger partial charge in [0.05, 0.1) is 18.7 Å². The van der Waals surface area contributed by atoms with Gasteiger partial charge in [0.15, 0.2) is 0 Å². The molecule has 15 heavy (non-hydrogen) atoms. The molecule has 0 bridgehead atoms. The van der Waals surface area contributed by atoms with Crippen molar-refractivity contribution in [1.29, 1.82) is 0 Å². The van der Waals surface area contributed by atoms with Crippen molar-refractivity contribution in [3.63, 3.8) is 0 Å². The van der Waals surface area contributed by atoms with Gasteiger partial charge in [0.2, 0.25) is 0 Å². The molecule has 5 heteroatoms. The van der Waals surface area contributed by atoms with Crippen molar-refractivity contribution in [3.05, 3.63) is 22.7 Å². The lowest BCUT2D eigenvalue weighted by Crippen LogP contribution is -2.14. The molecule has 0 fully saturated rings. The summed E-state index contributed by atoms with van der Waals surface area (Å²) in [5, 5.41) is 2.92. The molecule has 0 aliphatic carbocycles. The van der Waals surface area contributed by atoms with Crippen molar-refractivity contribution in [2.24, 2.45) is 0 Å². The average molecular weight is 274 g/mol. The first kappa shape index (κ1) is 11.8. The van der Waals surface area contributed by atoms with E-state index in [9.17, 15) is 4.79 Å². The van der Waals surface area contributed by atoms with E-state index in [1.54, 1.807) is 13.2 Å². The number of nitrogens with one attached hydrogen (secondary N) is 1. The quantitative estimate of drug-likeness (QED) is 0.853. The van der Waals surface area contributed by atoms with Gasteiger partial charge in [-0.15, -0.1) is 0 Å². The Bertz CT molecular complexity index is 355. The van der Waals surface area contributed by atoms with Crippen molar-refractivity contribution >= 4 is 27.6 Å². The molecule has 0 unspecified atom stereocenters. The van der Waals surface area contributed by atoms with Gasteiger partial charge in [-0.05, 0) is 28.1 Å². The van der Waals surface area contributed by atoms with Crippen LogP contribution in [0.3, 0.4) is 0 Å². The number of esters is 1. The minimum absolute atomic E-state index is 0.140. The maximum absolute atomic E-state index is 10.9. The lowest BCUT2D eigenvalue weighted by molar-refractivity contribution is -0.138. The van der Waals surface area contributed by atoms with Crippen molar-refractivity contribution in [1.82, 2.24) is 0 Å². The highest BCUT2D eigenvalue weighted by Gasteiger charge is 2.03. The van der Waals surface area contributed by atoms with E-state index in [0.29, 0.717) is 5.75 Å². The summed E-state index contributed by atoms with van der Waals surface area (Å²) >= 11 is 3.34. The summed E-state index contributed by atoms with van der Waals surface area (Å²) in [6, 6.07) is 5.49. The first-order valence-corrected chi connectivity index (χ1v) is 5.11. The van der Waals surface area contributed by atoms with Crippen LogP contribution in [0.15, 0.2) is 22.7 Å². The molecule has 0 aromatic heterocycles. The highest BCUT2D eigenvalue weighted by atomic mass is 79.9. The molecule has 4 nitrogen and oxygen atoms in total. The second-order valence-corrected chi connectivity index (χ2v) is 3.63. The number of rotatable bonds is 4. The maximum atomic E-state index is 10.9. The highest BCUT2D eigenvalue weighted by Crippen LogP contribution is 2.27. The largest absolute Gasteiger partial charge is 0.495 e. The number of carbonyl (C=O) groups is 1. The molecule has 1 aromatic carbocycles. The van der Waals surface area contributed by atoms with Crippen molar-refractivity contribution in [3.8, 4) is 5.75 Å². The second-order valence-electron chi connectivity index (χ2n) is 2.78. The van der Waals surface area contributed by atoms with E-state index >= 15 is 0 Å². The van der Waals surface area contributed by atoms with E-state index in [0.717, 1.165) is 10.2 Å². The Kier molecular flexibility index (Phi) is 4.42. The fourth-order valence-corrected chi connectivity index (χ4v) is 1.42. The van der Waals surface area contributed by atoms with Gasteiger partial charge >= 0.3 is 5.97 Å². The highest BCUT2D eigenvalue weighted by molar-refractivity contribution is 9.10. The number of halogens is 1. The lowest BCUT2D eigenvalue weighted by atomic mass is 10.3. The van der Waals surface area contributed by atoms with Crippen LogP contribution in [-0.4, -0.2) is 26.7 Å². The molecule has 0 saturated heterocycles. The molecule has 0 radical (unpaired) electrons. The minimum atomic E-state index is -0.308. The van der Waals surface area contributed by atoms with Gasteiger partial charge in [0, 0.05) is 11.8 Å². The predicted octanol–water partition coefficient (Wildman–Crippen LogP) is 2.04. The molecule has 0 spiro atoms. The summed E-state index contributed by atoms with van der Waals surface area (Å²) in [5.74, 6) is 0.404. The Labute approximate surface area is 96.7 Å². The Morgan fingerprint density at radius 1 is 1.47 bits per heavy atom. The number of hydrogen-bond donors (Lipinski definition) is 1. The minimum Gasteiger partial charge on any atom is -0.495 e. The van der Waals surface area contributed by atoms with E-state index in [1.165, 1.54) is 7.11 Å². The average Bonchev–Trinajstić information content (AvgIpc) is 2.27. The zero-order valence-corrected chi connectivity index (χ0v) is 10.1. The van der Waals surface area contributed by atoms with Crippen LogP contribution >= 0.6 is 15.9 Å². The number of hydrogen-bond acceptors (Lipinski definition) is 4. The van der Waals surface area contributed by atoms with Crippen LogP contribution in [0.2, 0.25) is 0 Å². The van der Waals surface area contributed by atoms with E-state index in [2.05, 4.69) is 26.0 Å². The molecule has 0 heterocycles. The number of carbonyl (C=O) groups excluding carboxylic acids is 1. The first-order chi connectivity index (χ1) is 7.17. The van der Waals surface area contributed by atoms with Crippen molar-refractivity contribution < 1.29 is 14.3 Å². The molecular formula is C10H12BrNO3. The van der Waals surface area contributed by atoms with Gasteiger partial charge < -0.3 is 14.8 Å². The van der Waals surface area contributed by atoms with Crippen LogP contribution in [0.4, 0.5) is 5.69 Å². The molecule has 1 N–H and O–H groups in total. The topological polar surface area (TPSA) is 47.6 Å². The van der Waals surface area contributed by atoms with Crippen LogP contribution in [0.5, 0.6) is 5.75 Å². The Balaban J connectivity index is 2.66. The van der Waals surface area contributed by atoms with Crippen LogP contribution in [0, 0.1) is 0 Å². The van der Waals surface area contributed by atoms with Crippen LogP contribution in [0.1, 0.15) is 0 Å². The molecule has 0 amide bonds. The van der Waals surface area contributed by atoms with Crippen molar-refractivity contribution in [2.75, 3.05) is 26.1 Å². The van der Waals surface area contributed by atoms with Gasteiger partial charge in [-0.25, -0.2) is 0 Å². The SMILES string of the molecule is COC(=O)CNc1ccc(Br)c(OC)c1. The summed E-state index contributed by atoms with van der Waals surface area (Å²) in [4.78, 5) is 10.9. The standard InChI is InChI=1S/C10H12BrNO3/c1-14-9-5-7(3-4-8(9)11)12-6-10(13)15-2/h3-5,12H,6H2,1-2H3. The van der Waals surface area contributed by atoms with E-state index in [4.69, 9.17) is 4.74 Å². The smallest absolute Gasteiger partial charge is 0.325 e. The van der Waals surface area contributed by atoms with Gasteiger partial charge in [-0.3, -0.25) is 4.79 Å². The predicted molar refractivity (Wildman–Crippen MR) is 61.2 cm³/mol. The van der Waals surface area contributed by atoms with Crippen LogP contribution in [-0.2, 0) is 9.53 Å². The second kappa shape index (κ2) is 5.60. The zero-order chi connectivity index (χ0) is 11.3. The molecule has 1 rings (SSSR count). The third kappa shape index (κ3) is 3.43. The molecular weight excluding hydrogens is 262 g/mol. The normalized spacial score (nSPS) is 9.53. The lowest BCUT2D eigenvalue weighted by Gasteiger charge is -2.08. The van der Waals surface area contributed by atoms with Gasteiger partial charge in [0.1, 0.15) is 12.3 Å². The number of ether oxygens (including phenoxy) is 2. The van der Waals surface area contributed by atoms with E-state index < -0.39 is 0 Å².